The molecule has 0 aliphatic heterocycles. The van der Waals surface area contributed by atoms with Crippen molar-refractivity contribution in [3.8, 4) is 17.0 Å². The molecule has 2 N–H and O–H groups in total. The minimum Gasteiger partial charge on any atom is -0.544 e. The zero-order valence-corrected chi connectivity index (χ0v) is 23.4. The average molecular weight is 528 g/mol. The molecule has 0 amide bonds. The second-order valence-corrected chi connectivity index (χ2v) is 15.3. The van der Waals surface area contributed by atoms with Crippen LogP contribution in [0.1, 0.15) is 37.8 Å². The van der Waals surface area contributed by atoms with E-state index >= 15 is 0 Å². The number of furan rings is 1. The van der Waals surface area contributed by atoms with Crippen LogP contribution < -0.4 is 9.74 Å². The summed E-state index contributed by atoms with van der Waals surface area (Å²) < 4.78 is 11.7. The van der Waals surface area contributed by atoms with E-state index in [-0.39, 0.29) is 10.7 Å². The summed E-state index contributed by atoms with van der Waals surface area (Å²) in [6.45, 7) is 11.1. The number of carboxylic acid groups (broad SMARTS) is 1. The second-order valence-electron chi connectivity index (χ2n) is 10.6. The van der Waals surface area contributed by atoms with Crippen molar-refractivity contribution in [1.29, 1.82) is 0 Å². The molecule has 0 radical (unpaired) electrons. The zero-order chi connectivity index (χ0) is 27.3. The van der Waals surface area contributed by atoms with Crippen LogP contribution in [0.15, 0.2) is 89.3 Å². The van der Waals surface area contributed by atoms with Gasteiger partial charge in [-0.2, -0.15) is 0 Å². The number of carbonyl (C=O) groups is 1. The number of anilines is 1. The predicted molar refractivity (Wildman–Crippen MR) is 152 cm³/mol. The summed E-state index contributed by atoms with van der Waals surface area (Å²) >= 11 is 0. The minimum absolute atomic E-state index is 0.0663. The number of aromatic nitrogens is 2. The largest absolute Gasteiger partial charge is 0.544 e. The van der Waals surface area contributed by atoms with Crippen molar-refractivity contribution in [2.45, 2.75) is 45.3 Å². The van der Waals surface area contributed by atoms with E-state index in [9.17, 15) is 9.90 Å². The monoisotopic (exact) mass is 527 g/mol. The van der Waals surface area contributed by atoms with Gasteiger partial charge in [-0.1, -0.05) is 51.1 Å². The van der Waals surface area contributed by atoms with Crippen LogP contribution in [0.3, 0.4) is 0 Å². The van der Waals surface area contributed by atoms with E-state index in [1.807, 2.05) is 54.6 Å². The number of hydrogen-bond acceptors (Lipinski definition) is 6. The molecule has 0 saturated heterocycles. The molecule has 38 heavy (non-hydrogen) atoms. The Kier molecular flexibility index (Phi) is 7.82. The fourth-order valence-corrected chi connectivity index (χ4v) is 4.55. The molecule has 4 aromatic rings. The van der Waals surface area contributed by atoms with E-state index in [0.29, 0.717) is 29.4 Å². The van der Waals surface area contributed by atoms with Gasteiger partial charge in [-0.15, -0.1) is 0 Å². The standard InChI is InChI=1S/C30H33N3O4Si/c1-30(2,3)38(4,5)37-23-15-13-22(14-16-23)27-20-31-28(25(32-27)18-21-10-7-6-8-11-21)33-26(29(34)35)19-24-12-9-17-36-24/h6-17,19-20H,18H2,1-5H3,(H,31,33)(H,34,35). The van der Waals surface area contributed by atoms with Crippen LogP contribution in [0.5, 0.6) is 5.75 Å². The van der Waals surface area contributed by atoms with Gasteiger partial charge in [0.15, 0.2) is 5.82 Å². The molecule has 0 aliphatic carbocycles. The summed E-state index contributed by atoms with van der Waals surface area (Å²) in [5.41, 5.74) is 3.18. The fraction of sp³-hybridized carbons (Fsp3) is 0.233. The molecule has 196 valence electrons. The lowest BCUT2D eigenvalue weighted by Crippen LogP contribution is -2.43. The van der Waals surface area contributed by atoms with Crippen LogP contribution in [-0.2, 0) is 11.2 Å². The lowest BCUT2D eigenvalue weighted by molar-refractivity contribution is -0.132. The van der Waals surface area contributed by atoms with Gasteiger partial charge in [-0.05, 0) is 60.1 Å². The molecular weight excluding hydrogens is 494 g/mol. The van der Waals surface area contributed by atoms with Gasteiger partial charge in [0.05, 0.1) is 23.8 Å². The third kappa shape index (κ3) is 6.57. The molecule has 2 heterocycles. The average Bonchev–Trinajstić information content (AvgIpc) is 3.38. The molecule has 2 aromatic heterocycles. The number of rotatable bonds is 9. The van der Waals surface area contributed by atoms with E-state index in [0.717, 1.165) is 16.9 Å². The van der Waals surface area contributed by atoms with Crippen LogP contribution in [0.4, 0.5) is 5.82 Å². The molecule has 8 heteroatoms. The van der Waals surface area contributed by atoms with Gasteiger partial charge < -0.3 is 19.3 Å². The summed E-state index contributed by atoms with van der Waals surface area (Å²) in [5.74, 6) is 0.500. The molecule has 2 aromatic carbocycles. The molecule has 4 rings (SSSR count). The van der Waals surface area contributed by atoms with Gasteiger partial charge in [0.2, 0.25) is 8.32 Å². The number of aliphatic carboxylic acids is 1. The molecule has 0 fully saturated rings. The predicted octanol–water partition coefficient (Wildman–Crippen LogP) is 7.25. The quantitative estimate of drug-likeness (QED) is 0.175. The summed E-state index contributed by atoms with van der Waals surface area (Å²) in [4.78, 5) is 21.4. The van der Waals surface area contributed by atoms with E-state index in [1.54, 1.807) is 18.3 Å². The maximum Gasteiger partial charge on any atom is 0.352 e. The zero-order valence-electron chi connectivity index (χ0n) is 22.4. The SMILES string of the molecule is CC(C)(C)[Si](C)(C)Oc1ccc(-c2cnc(NC(=Cc3ccco3)C(=O)O)c(Cc3ccccc3)n2)cc1. The molecule has 7 nitrogen and oxygen atoms in total. The van der Waals surface area contributed by atoms with E-state index in [2.05, 4.69) is 44.2 Å². The van der Waals surface area contributed by atoms with Crippen molar-refractivity contribution in [3.63, 3.8) is 0 Å². The van der Waals surface area contributed by atoms with Crippen LogP contribution in [0, 0.1) is 0 Å². The highest BCUT2D eigenvalue weighted by Gasteiger charge is 2.38. The first kappa shape index (κ1) is 26.9. The molecule has 0 saturated carbocycles. The van der Waals surface area contributed by atoms with E-state index in [1.165, 1.54) is 12.3 Å². The Morgan fingerprint density at radius 1 is 1.05 bits per heavy atom. The van der Waals surface area contributed by atoms with Crippen molar-refractivity contribution in [3.05, 3.63) is 102 Å². The second kappa shape index (κ2) is 11.1. The van der Waals surface area contributed by atoms with Gasteiger partial charge >= 0.3 is 5.97 Å². The molecule has 0 atom stereocenters. The third-order valence-electron chi connectivity index (χ3n) is 6.70. The Morgan fingerprint density at radius 3 is 2.37 bits per heavy atom. The van der Waals surface area contributed by atoms with Crippen molar-refractivity contribution in [1.82, 2.24) is 9.97 Å². The minimum atomic E-state index is -1.95. The third-order valence-corrected chi connectivity index (χ3v) is 11.1. The maximum atomic E-state index is 12.0. The summed E-state index contributed by atoms with van der Waals surface area (Å²) in [6, 6.07) is 21.1. The fourth-order valence-electron chi connectivity index (χ4n) is 3.52. The number of nitrogens with zero attached hydrogens (tertiary/aromatic N) is 2. The van der Waals surface area contributed by atoms with Crippen LogP contribution in [0.25, 0.3) is 17.3 Å². The first-order valence-corrected chi connectivity index (χ1v) is 15.4. The smallest absolute Gasteiger partial charge is 0.352 e. The summed E-state index contributed by atoms with van der Waals surface area (Å²) in [6.07, 6.45) is 5.03. The highest BCUT2D eigenvalue weighted by atomic mass is 28.4. The Morgan fingerprint density at radius 2 is 1.76 bits per heavy atom. The number of hydrogen-bond donors (Lipinski definition) is 2. The van der Waals surface area contributed by atoms with Gasteiger partial charge in [-0.25, -0.2) is 14.8 Å². The number of nitrogens with one attached hydrogen (secondary N) is 1. The van der Waals surface area contributed by atoms with Crippen LogP contribution in [-0.4, -0.2) is 29.4 Å². The normalized spacial score (nSPS) is 12.3. The lowest BCUT2D eigenvalue weighted by atomic mass is 10.1. The number of carboxylic acids is 1. The maximum absolute atomic E-state index is 12.0. The summed E-state index contributed by atoms with van der Waals surface area (Å²) in [7, 11) is -1.95. The molecular formula is C30H33N3O4Si. The van der Waals surface area contributed by atoms with Crippen molar-refractivity contribution >= 4 is 26.2 Å². The van der Waals surface area contributed by atoms with Crippen molar-refractivity contribution in [2.24, 2.45) is 0 Å². The Hall–Kier alpha value is -4.17. The summed E-state index contributed by atoms with van der Waals surface area (Å²) in [5, 5.41) is 12.8. The lowest BCUT2D eigenvalue weighted by Gasteiger charge is -2.36. The highest BCUT2D eigenvalue weighted by Crippen LogP contribution is 2.37. The van der Waals surface area contributed by atoms with Gasteiger partial charge in [-0.3, -0.25) is 0 Å². The van der Waals surface area contributed by atoms with Gasteiger partial charge in [0.1, 0.15) is 17.2 Å². The van der Waals surface area contributed by atoms with E-state index in [4.69, 9.17) is 13.8 Å². The first-order chi connectivity index (χ1) is 18.0. The topological polar surface area (TPSA) is 97.5 Å². The Balaban J connectivity index is 1.66. The highest BCUT2D eigenvalue weighted by molar-refractivity contribution is 6.74. The first-order valence-electron chi connectivity index (χ1n) is 12.5. The Labute approximate surface area is 224 Å². The molecule has 0 unspecified atom stereocenters. The number of benzene rings is 2. The molecule has 0 bridgehead atoms. The van der Waals surface area contributed by atoms with Crippen molar-refractivity contribution < 1.29 is 18.7 Å². The van der Waals surface area contributed by atoms with Crippen LogP contribution >= 0.6 is 0 Å². The van der Waals surface area contributed by atoms with Gasteiger partial charge in [0, 0.05) is 18.1 Å². The van der Waals surface area contributed by atoms with Crippen molar-refractivity contribution in [2.75, 3.05) is 5.32 Å². The Bertz CT molecular complexity index is 1410. The van der Waals surface area contributed by atoms with Crippen LogP contribution in [0.2, 0.25) is 18.1 Å². The van der Waals surface area contributed by atoms with Gasteiger partial charge in [0.25, 0.3) is 0 Å². The van der Waals surface area contributed by atoms with E-state index < -0.39 is 14.3 Å². The molecule has 0 aliphatic rings. The molecule has 0 spiro atoms.